The smallest absolute Gasteiger partial charge is 0.0540 e. The van der Waals surface area contributed by atoms with Crippen LogP contribution < -0.4 is 0 Å². The molecule has 3 rings (SSSR count). The van der Waals surface area contributed by atoms with Crippen LogP contribution >= 0.6 is 0 Å². The van der Waals surface area contributed by atoms with Crippen LogP contribution in [0.3, 0.4) is 0 Å². The molecular formula is C17H25NO. The van der Waals surface area contributed by atoms with Gasteiger partial charge in [-0.3, -0.25) is 4.90 Å². The van der Waals surface area contributed by atoms with Crippen LogP contribution in [-0.2, 0) is 6.54 Å². The summed E-state index contributed by atoms with van der Waals surface area (Å²) < 4.78 is 0. The van der Waals surface area contributed by atoms with Crippen LogP contribution in [0.5, 0.6) is 0 Å². The van der Waals surface area contributed by atoms with Crippen molar-refractivity contribution in [2.45, 2.75) is 57.1 Å². The number of aliphatic hydroxyl groups is 1. The van der Waals surface area contributed by atoms with Crippen molar-refractivity contribution in [2.75, 3.05) is 13.1 Å². The van der Waals surface area contributed by atoms with E-state index in [2.05, 4.69) is 29.2 Å². The molecule has 0 unspecified atom stereocenters. The molecule has 1 heterocycles. The Labute approximate surface area is 116 Å². The SMILES string of the molecule is O[C@H]1CC[C@H](c2ccc(CN3CCCC3)cc2)CC1. The number of aliphatic hydroxyl groups excluding tert-OH is 1. The first-order chi connectivity index (χ1) is 9.31. The van der Waals surface area contributed by atoms with Crippen molar-refractivity contribution in [1.29, 1.82) is 0 Å². The highest BCUT2D eigenvalue weighted by Crippen LogP contribution is 2.32. The molecule has 1 aliphatic heterocycles. The van der Waals surface area contributed by atoms with E-state index in [0.29, 0.717) is 5.92 Å². The minimum atomic E-state index is -0.0503. The third-order valence-electron chi connectivity index (χ3n) is 4.75. The van der Waals surface area contributed by atoms with Gasteiger partial charge < -0.3 is 5.11 Å². The lowest BCUT2D eigenvalue weighted by Crippen LogP contribution is -2.18. The Morgan fingerprint density at radius 1 is 0.947 bits per heavy atom. The molecule has 0 amide bonds. The van der Waals surface area contributed by atoms with Gasteiger partial charge in [0.1, 0.15) is 0 Å². The summed E-state index contributed by atoms with van der Waals surface area (Å²) in [5.74, 6) is 0.671. The molecule has 1 aromatic rings. The Bertz CT molecular complexity index is 386. The first-order valence-electron chi connectivity index (χ1n) is 7.80. The number of hydrogen-bond acceptors (Lipinski definition) is 2. The van der Waals surface area contributed by atoms with Gasteiger partial charge in [-0.25, -0.2) is 0 Å². The maximum Gasteiger partial charge on any atom is 0.0540 e. The fraction of sp³-hybridized carbons (Fsp3) is 0.647. The third kappa shape index (κ3) is 3.37. The van der Waals surface area contributed by atoms with Gasteiger partial charge in [-0.15, -0.1) is 0 Å². The zero-order valence-electron chi connectivity index (χ0n) is 11.7. The number of hydrogen-bond donors (Lipinski definition) is 1. The zero-order valence-corrected chi connectivity index (χ0v) is 11.7. The van der Waals surface area contributed by atoms with Crippen molar-refractivity contribution < 1.29 is 5.11 Å². The van der Waals surface area contributed by atoms with E-state index in [9.17, 15) is 5.11 Å². The predicted molar refractivity (Wildman–Crippen MR) is 78.2 cm³/mol. The van der Waals surface area contributed by atoms with Crippen molar-refractivity contribution in [3.05, 3.63) is 35.4 Å². The fourth-order valence-corrected chi connectivity index (χ4v) is 3.50. The maximum atomic E-state index is 9.57. The quantitative estimate of drug-likeness (QED) is 0.900. The molecule has 1 saturated carbocycles. The number of nitrogens with zero attached hydrogens (tertiary/aromatic N) is 1. The molecule has 0 aromatic heterocycles. The molecule has 1 aromatic carbocycles. The van der Waals surface area contributed by atoms with Gasteiger partial charge in [0.15, 0.2) is 0 Å². The fourth-order valence-electron chi connectivity index (χ4n) is 3.50. The second kappa shape index (κ2) is 6.06. The first-order valence-corrected chi connectivity index (χ1v) is 7.80. The molecule has 1 aliphatic carbocycles. The molecule has 1 saturated heterocycles. The van der Waals surface area contributed by atoms with Gasteiger partial charge in [-0.05, 0) is 68.7 Å². The highest BCUT2D eigenvalue weighted by atomic mass is 16.3. The van der Waals surface area contributed by atoms with Crippen molar-refractivity contribution in [1.82, 2.24) is 4.90 Å². The van der Waals surface area contributed by atoms with Crippen LogP contribution in [-0.4, -0.2) is 29.2 Å². The van der Waals surface area contributed by atoms with Crippen molar-refractivity contribution >= 4 is 0 Å². The standard InChI is InChI=1S/C17H25NO/c19-17-9-7-16(8-10-17)15-5-3-14(4-6-15)13-18-11-1-2-12-18/h3-6,16-17,19H,1-2,7-13H2/t16-,17-. The zero-order chi connectivity index (χ0) is 13.1. The molecule has 0 bridgehead atoms. The minimum Gasteiger partial charge on any atom is -0.393 e. The lowest BCUT2D eigenvalue weighted by atomic mass is 9.82. The molecule has 2 fully saturated rings. The van der Waals surface area contributed by atoms with Crippen LogP contribution in [0.2, 0.25) is 0 Å². The van der Waals surface area contributed by atoms with E-state index >= 15 is 0 Å². The Morgan fingerprint density at radius 2 is 1.58 bits per heavy atom. The first kappa shape index (κ1) is 13.1. The number of benzene rings is 1. The lowest BCUT2D eigenvalue weighted by Gasteiger charge is -2.26. The van der Waals surface area contributed by atoms with Crippen LogP contribution in [0.1, 0.15) is 55.6 Å². The summed E-state index contributed by atoms with van der Waals surface area (Å²) in [5, 5.41) is 9.57. The van der Waals surface area contributed by atoms with Gasteiger partial charge in [0.25, 0.3) is 0 Å². The Hall–Kier alpha value is -0.860. The molecule has 0 radical (unpaired) electrons. The summed E-state index contributed by atoms with van der Waals surface area (Å²) >= 11 is 0. The Morgan fingerprint density at radius 3 is 2.21 bits per heavy atom. The Kier molecular flexibility index (Phi) is 4.19. The van der Waals surface area contributed by atoms with Gasteiger partial charge in [0.2, 0.25) is 0 Å². The van der Waals surface area contributed by atoms with Gasteiger partial charge >= 0.3 is 0 Å². The van der Waals surface area contributed by atoms with Crippen molar-refractivity contribution in [3.8, 4) is 0 Å². The highest BCUT2D eigenvalue weighted by molar-refractivity contribution is 5.26. The molecule has 2 nitrogen and oxygen atoms in total. The largest absolute Gasteiger partial charge is 0.393 e. The summed E-state index contributed by atoms with van der Waals surface area (Å²) in [4.78, 5) is 2.55. The lowest BCUT2D eigenvalue weighted by molar-refractivity contribution is 0.122. The predicted octanol–water partition coefficient (Wildman–Crippen LogP) is 3.30. The van der Waals surface area contributed by atoms with Crippen molar-refractivity contribution in [3.63, 3.8) is 0 Å². The van der Waals surface area contributed by atoms with E-state index in [4.69, 9.17) is 0 Å². The van der Waals surface area contributed by atoms with Crippen LogP contribution in [0.4, 0.5) is 0 Å². The molecule has 1 N–H and O–H groups in total. The van der Waals surface area contributed by atoms with E-state index in [1.165, 1.54) is 37.1 Å². The van der Waals surface area contributed by atoms with Gasteiger partial charge in [-0.1, -0.05) is 24.3 Å². The summed E-state index contributed by atoms with van der Waals surface area (Å²) in [6, 6.07) is 9.24. The molecule has 2 aliphatic rings. The van der Waals surface area contributed by atoms with E-state index in [-0.39, 0.29) is 6.10 Å². The molecule has 2 heteroatoms. The maximum absolute atomic E-state index is 9.57. The third-order valence-corrected chi connectivity index (χ3v) is 4.75. The van der Waals surface area contributed by atoms with E-state index in [0.717, 1.165) is 32.2 Å². The average molecular weight is 259 g/mol. The van der Waals surface area contributed by atoms with Gasteiger partial charge in [-0.2, -0.15) is 0 Å². The van der Waals surface area contributed by atoms with Crippen LogP contribution in [0.15, 0.2) is 24.3 Å². The second-order valence-corrected chi connectivity index (χ2v) is 6.23. The normalized spacial score (nSPS) is 28.7. The van der Waals surface area contributed by atoms with Crippen molar-refractivity contribution in [2.24, 2.45) is 0 Å². The topological polar surface area (TPSA) is 23.5 Å². The molecule has 19 heavy (non-hydrogen) atoms. The summed E-state index contributed by atoms with van der Waals surface area (Å²) in [6.45, 7) is 3.65. The minimum absolute atomic E-state index is 0.0503. The summed E-state index contributed by atoms with van der Waals surface area (Å²) in [6.07, 6.45) is 6.91. The molecule has 104 valence electrons. The van der Waals surface area contributed by atoms with E-state index < -0.39 is 0 Å². The summed E-state index contributed by atoms with van der Waals surface area (Å²) in [5.41, 5.74) is 2.92. The highest BCUT2D eigenvalue weighted by Gasteiger charge is 2.20. The average Bonchev–Trinajstić information content (AvgIpc) is 2.94. The van der Waals surface area contributed by atoms with Crippen LogP contribution in [0, 0.1) is 0 Å². The Balaban J connectivity index is 1.58. The second-order valence-electron chi connectivity index (χ2n) is 6.23. The number of rotatable bonds is 3. The van der Waals surface area contributed by atoms with E-state index in [1.807, 2.05) is 0 Å². The molecule has 0 atom stereocenters. The monoisotopic (exact) mass is 259 g/mol. The van der Waals surface area contributed by atoms with Gasteiger partial charge in [0.05, 0.1) is 6.10 Å². The van der Waals surface area contributed by atoms with E-state index in [1.54, 1.807) is 0 Å². The summed E-state index contributed by atoms with van der Waals surface area (Å²) in [7, 11) is 0. The van der Waals surface area contributed by atoms with Gasteiger partial charge in [0, 0.05) is 6.54 Å². The molecular weight excluding hydrogens is 234 g/mol. The van der Waals surface area contributed by atoms with Crippen LogP contribution in [0.25, 0.3) is 0 Å². The number of likely N-dealkylation sites (tertiary alicyclic amines) is 1. The molecule has 0 spiro atoms.